The third-order valence-electron chi connectivity index (χ3n) is 0.855. The van der Waals surface area contributed by atoms with Crippen LogP contribution < -0.4 is 10.5 Å². The zero-order valence-electron chi connectivity index (χ0n) is 4.88. The van der Waals surface area contributed by atoms with Gasteiger partial charge in [-0.1, -0.05) is 0 Å². The van der Waals surface area contributed by atoms with Crippen molar-refractivity contribution in [2.75, 3.05) is 5.73 Å². The molecule has 0 saturated carbocycles. The number of nitrogen functional groups attached to an aromatic ring is 1. The Morgan fingerprint density at radius 1 is 1.60 bits per heavy atom. The van der Waals surface area contributed by atoms with Crippen molar-refractivity contribution in [2.45, 2.75) is 6.61 Å². The van der Waals surface area contributed by atoms with E-state index >= 15 is 0 Å². The van der Waals surface area contributed by atoms with Crippen molar-refractivity contribution >= 4 is 5.69 Å². The lowest BCUT2D eigenvalue weighted by Crippen LogP contribution is -2.02. The number of furan rings is 1. The van der Waals surface area contributed by atoms with Gasteiger partial charge in [0, 0.05) is 6.07 Å². The lowest BCUT2D eigenvalue weighted by molar-refractivity contribution is -0.0631. The topological polar surface area (TPSA) is 48.4 Å². The molecule has 2 N–H and O–H groups in total. The number of ether oxygens (including phenoxy) is 1. The predicted molar refractivity (Wildman–Crippen MR) is 29.8 cm³/mol. The first-order valence-corrected chi connectivity index (χ1v) is 2.48. The molecule has 0 spiro atoms. The Bertz CT molecular complexity index is 211. The first kappa shape index (κ1) is 6.85. The van der Waals surface area contributed by atoms with E-state index in [0.29, 0.717) is 0 Å². The molecule has 0 bridgehead atoms. The second-order valence-corrected chi connectivity index (χ2v) is 1.54. The average molecular weight is 149 g/mol. The number of hydrogen-bond donors (Lipinski definition) is 1. The third kappa shape index (κ3) is 1.37. The fraction of sp³-hybridized carbons (Fsp3) is 0.200. The van der Waals surface area contributed by atoms with Crippen LogP contribution in [-0.2, 0) is 0 Å². The number of halogens is 2. The van der Waals surface area contributed by atoms with Crippen molar-refractivity contribution in [3.05, 3.63) is 12.3 Å². The zero-order chi connectivity index (χ0) is 7.56. The molecule has 0 fully saturated rings. The Labute approximate surface area is 55.4 Å². The number of nitrogens with two attached hydrogens (primary N) is 1. The second kappa shape index (κ2) is 2.55. The molecule has 0 atom stereocenters. The molecule has 0 aliphatic rings. The minimum absolute atomic E-state index is 0.0697. The summed E-state index contributed by atoms with van der Waals surface area (Å²) in [5.41, 5.74) is 5.21. The first-order chi connectivity index (χ1) is 4.70. The Hall–Kier alpha value is -1.26. The van der Waals surface area contributed by atoms with Gasteiger partial charge >= 0.3 is 12.6 Å². The molecule has 1 aromatic heterocycles. The van der Waals surface area contributed by atoms with Crippen LogP contribution in [0.15, 0.2) is 16.7 Å². The van der Waals surface area contributed by atoms with Gasteiger partial charge in [0.2, 0.25) is 0 Å². The van der Waals surface area contributed by atoms with Gasteiger partial charge in [-0.05, 0) is 0 Å². The van der Waals surface area contributed by atoms with Gasteiger partial charge in [0.15, 0.2) is 0 Å². The number of alkyl halides is 2. The fourth-order valence-corrected chi connectivity index (χ4v) is 0.482. The van der Waals surface area contributed by atoms with Gasteiger partial charge in [0.05, 0.1) is 6.26 Å². The van der Waals surface area contributed by atoms with Gasteiger partial charge < -0.3 is 14.9 Å². The lowest BCUT2D eigenvalue weighted by Gasteiger charge is -1.98. The van der Waals surface area contributed by atoms with Crippen LogP contribution >= 0.6 is 0 Å². The summed E-state index contributed by atoms with van der Waals surface area (Å²) in [7, 11) is 0. The van der Waals surface area contributed by atoms with Gasteiger partial charge in [0.25, 0.3) is 0 Å². The summed E-state index contributed by atoms with van der Waals surface area (Å²) < 4.78 is 31.2. The predicted octanol–water partition coefficient (Wildman–Crippen LogP) is 1.46. The summed E-state index contributed by atoms with van der Waals surface area (Å²) in [5, 5.41) is 0. The van der Waals surface area contributed by atoms with Gasteiger partial charge in [-0.15, -0.1) is 0 Å². The molecule has 0 saturated heterocycles. The summed E-state index contributed by atoms with van der Waals surface area (Å²) in [4.78, 5) is 0. The van der Waals surface area contributed by atoms with Crippen molar-refractivity contribution in [2.24, 2.45) is 0 Å². The molecular weight excluding hydrogens is 144 g/mol. The van der Waals surface area contributed by atoms with Crippen LogP contribution in [0.2, 0.25) is 0 Å². The highest BCUT2D eigenvalue weighted by Gasteiger charge is 2.09. The van der Waals surface area contributed by atoms with Crippen LogP contribution in [0.25, 0.3) is 0 Å². The fourth-order valence-electron chi connectivity index (χ4n) is 0.482. The van der Waals surface area contributed by atoms with Crippen LogP contribution in [0.4, 0.5) is 14.5 Å². The number of anilines is 1. The van der Waals surface area contributed by atoms with E-state index < -0.39 is 6.61 Å². The molecule has 1 aromatic rings. The number of rotatable bonds is 2. The molecule has 3 nitrogen and oxygen atoms in total. The number of hydrogen-bond acceptors (Lipinski definition) is 3. The van der Waals surface area contributed by atoms with E-state index in [9.17, 15) is 8.78 Å². The van der Waals surface area contributed by atoms with Crippen molar-refractivity contribution in [1.82, 2.24) is 0 Å². The van der Waals surface area contributed by atoms with Gasteiger partial charge in [-0.3, -0.25) is 0 Å². The lowest BCUT2D eigenvalue weighted by atomic mass is 10.5. The van der Waals surface area contributed by atoms with E-state index in [4.69, 9.17) is 5.73 Å². The minimum Gasteiger partial charge on any atom is -0.433 e. The summed E-state index contributed by atoms with van der Waals surface area (Å²) in [6, 6.07) is 1.33. The SMILES string of the molecule is Nc1ccoc1OC(F)F. The van der Waals surface area contributed by atoms with E-state index in [0.717, 1.165) is 0 Å². The van der Waals surface area contributed by atoms with Gasteiger partial charge in [-0.2, -0.15) is 8.78 Å². The van der Waals surface area contributed by atoms with Gasteiger partial charge in [-0.25, -0.2) is 0 Å². The summed E-state index contributed by atoms with van der Waals surface area (Å²) in [6.07, 6.45) is 1.17. The van der Waals surface area contributed by atoms with Crippen molar-refractivity contribution in [3.8, 4) is 5.95 Å². The van der Waals surface area contributed by atoms with Crippen molar-refractivity contribution in [3.63, 3.8) is 0 Å². The Morgan fingerprint density at radius 3 is 2.70 bits per heavy atom. The first-order valence-electron chi connectivity index (χ1n) is 2.48. The highest BCUT2D eigenvalue weighted by atomic mass is 19.3. The van der Waals surface area contributed by atoms with E-state index in [1.54, 1.807) is 0 Å². The summed E-state index contributed by atoms with van der Waals surface area (Å²) in [6.45, 7) is -2.89. The van der Waals surface area contributed by atoms with Crippen LogP contribution in [0.5, 0.6) is 5.95 Å². The highest BCUT2D eigenvalue weighted by Crippen LogP contribution is 2.23. The van der Waals surface area contributed by atoms with Crippen LogP contribution in [0.1, 0.15) is 0 Å². The molecule has 0 radical (unpaired) electrons. The van der Waals surface area contributed by atoms with E-state index in [1.165, 1.54) is 12.3 Å². The minimum atomic E-state index is -2.89. The van der Waals surface area contributed by atoms with Crippen LogP contribution in [-0.4, -0.2) is 6.61 Å². The Kier molecular flexibility index (Phi) is 1.75. The largest absolute Gasteiger partial charge is 0.433 e. The highest BCUT2D eigenvalue weighted by molar-refractivity contribution is 5.45. The second-order valence-electron chi connectivity index (χ2n) is 1.54. The van der Waals surface area contributed by atoms with Crippen LogP contribution in [0, 0.1) is 0 Å². The molecule has 0 amide bonds. The molecule has 10 heavy (non-hydrogen) atoms. The standard InChI is InChI=1S/C5H5F2NO2/c6-5(7)10-4-3(8)1-2-9-4/h1-2,5H,8H2. The smallest absolute Gasteiger partial charge is 0.389 e. The molecular formula is C5H5F2NO2. The van der Waals surface area contributed by atoms with Gasteiger partial charge in [0.1, 0.15) is 5.69 Å². The van der Waals surface area contributed by atoms with E-state index in [2.05, 4.69) is 9.15 Å². The van der Waals surface area contributed by atoms with E-state index in [-0.39, 0.29) is 11.6 Å². The normalized spacial score (nSPS) is 10.3. The molecule has 0 aliphatic heterocycles. The van der Waals surface area contributed by atoms with E-state index in [1.807, 2.05) is 0 Å². The third-order valence-corrected chi connectivity index (χ3v) is 0.855. The summed E-state index contributed by atoms with van der Waals surface area (Å²) >= 11 is 0. The maximum absolute atomic E-state index is 11.4. The molecule has 1 heterocycles. The molecule has 5 heteroatoms. The molecule has 0 aromatic carbocycles. The molecule has 56 valence electrons. The van der Waals surface area contributed by atoms with Crippen molar-refractivity contribution in [1.29, 1.82) is 0 Å². The maximum Gasteiger partial charge on any atom is 0.389 e. The van der Waals surface area contributed by atoms with Crippen LogP contribution in [0.3, 0.4) is 0 Å². The summed E-state index contributed by atoms with van der Waals surface area (Å²) in [5.74, 6) is -0.338. The monoisotopic (exact) mass is 149 g/mol. The molecule has 0 unspecified atom stereocenters. The maximum atomic E-state index is 11.4. The molecule has 1 rings (SSSR count). The average Bonchev–Trinajstić information content (AvgIpc) is 2.15. The van der Waals surface area contributed by atoms with Crippen molar-refractivity contribution < 1.29 is 17.9 Å². The molecule has 0 aliphatic carbocycles. The Morgan fingerprint density at radius 2 is 2.30 bits per heavy atom. The Balaban J connectivity index is 2.65. The zero-order valence-corrected chi connectivity index (χ0v) is 4.88. The quantitative estimate of drug-likeness (QED) is 0.692.